The van der Waals surface area contributed by atoms with Crippen molar-refractivity contribution in [2.75, 3.05) is 0 Å². The Morgan fingerprint density at radius 1 is 1.11 bits per heavy atom. The van der Waals surface area contributed by atoms with Gasteiger partial charge in [-0.3, -0.25) is 4.79 Å². The maximum absolute atomic E-state index is 13.3. The second kappa shape index (κ2) is 7.27. The highest BCUT2D eigenvalue weighted by molar-refractivity contribution is 6.08. The SMILES string of the molecule is Cc1cc(C)c2nc(-c3ccc(F)cc3)cc(C(=O)NCc3ccco3)c2c1. The van der Waals surface area contributed by atoms with Gasteiger partial charge in [0.2, 0.25) is 0 Å². The molecule has 2 aromatic heterocycles. The van der Waals surface area contributed by atoms with Crippen LogP contribution in [0.1, 0.15) is 27.2 Å². The molecule has 28 heavy (non-hydrogen) atoms. The van der Waals surface area contributed by atoms with E-state index in [-0.39, 0.29) is 11.7 Å². The Bertz CT molecular complexity index is 1150. The summed E-state index contributed by atoms with van der Waals surface area (Å²) >= 11 is 0. The number of fused-ring (bicyclic) bond motifs is 1. The van der Waals surface area contributed by atoms with Crippen molar-refractivity contribution in [3.63, 3.8) is 0 Å². The van der Waals surface area contributed by atoms with E-state index in [1.807, 2.05) is 32.0 Å². The number of hydrogen-bond donors (Lipinski definition) is 1. The quantitative estimate of drug-likeness (QED) is 0.535. The molecule has 0 spiro atoms. The molecule has 0 unspecified atom stereocenters. The third-order valence-corrected chi connectivity index (χ3v) is 4.64. The number of pyridine rings is 1. The summed E-state index contributed by atoms with van der Waals surface area (Å²) in [5.41, 5.74) is 4.71. The number of aromatic nitrogens is 1. The number of carbonyl (C=O) groups is 1. The highest BCUT2D eigenvalue weighted by Crippen LogP contribution is 2.28. The van der Waals surface area contributed by atoms with Crippen LogP contribution in [0.4, 0.5) is 4.39 Å². The summed E-state index contributed by atoms with van der Waals surface area (Å²) in [5, 5.41) is 3.69. The Kier molecular flexibility index (Phi) is 4.65. The van der Waals surface area contributed by atoms with Gasteiger partial charge in [0.1, 0.15) is 11.6 Å². The zero-order chi connectivity index (χ0) is 19.7. The molecule has 0 bridgehead atoms. The van der Waals surface area contributed by atoms with Gasteiger partial charge in [-0.2, -0.15) is 0 Å². The Morgan fingerprint density at radius 3 is 2.61 bits per heavy atom. The molecule has 0 fully saturated rings. The zero-order valence-electron chi connectivity index (χ0n) is 15.6. The lowest BCUT2D eigenvalue weighted by Crippen LogP contribution is -2.23. The smallest absolute Gasteiger partial charge is 0.252 e. The van der Waals surface area contributed by atoms with Gasteiger partial charge in [0.05, 0.1) is 29.6 Å². The largest absolute Gasteiger partial charge is 0.467 e. The lowest BCUT2D eigenvalue weighted by atomic mass is 9.99. The van der Waals surface area contributed by atoms with Gasteiger partial charge in [0.25, 0.3) is 5.91 Å². The molecule has 1 N–H and O–H groups in total. The zero-order valence-corrected chi connectivity index (χ0v) is 15.6. The third kappa shape index (κ3) is 3.51. The number of hydrogen-bond acceptors (Lipinski definition) is 3. The van der Waals surface area contributed by atoms with Crippen molar-refractivity contribution in [2.45, 2.75) is 20.4 Å². The van der Waals surface area contributed by atoms with E-state index >= 15 is 0 Å². The summed E-state index contributed by atoms with van der Waals surface area (Å²) in [5.74, 6) is 0.155. The van der Waals surface area contributed by atoms with Gasteiger partial charge >= 0.3 is 0 Å². The van der Waals surface area contributed by atoms with Crippen molar-refractivity contribution in [1.29, 1.82) is 0 Å². The molecule has 0 saturated heterocycles. The van der Waals surface area contributed by atoms with Crippen LogP contribution in [0.25, 0.3) is 22.2 Å². The number of halogens is 1. The first-order chi connectivity index (χ1) is 13.5. The van der Waals surface area contributed by atoms with Gasteiger partial charge in [0.15, 0.2) is 0 Å². The molecule has 1 amide bonds. The normalized spacial score (nSPS) is 11.0. The third-order valence-electron chi connectivity index (χ3n) is 4.64. The first kappa shape index (κ1) is 17.9. The minimum atomic E-state index is -0.312. The molecule has 2 heterocycles. The summed E-state index contributed by atoms with van der Waals surface area (Å²) < 4.78 is 18.6. The standard InChI is InChI=1S/C23H19FN2O2/c1-14-10-15(2)22-19(11-14)20(23(27)25-13-18-4-3-9-28-18)12-21(26-22)16-5-7-17(24)8-6-16/h3-12H,13H2,1-2H3,(H,25,27). The molecule has 0 aliphatic carbocycles. The van der Waals surface area contributed by atoms with Crippen LogP contribution in [0, 0.1) is 19.7 Å². The Balaban J connectivity index is 1.82. The molecule has 4 aromatic rings. The van der Waals surface area contributed by atoms with Crippen molar-refractivity contribution in [2.24, 2.45) is 0 Å². The predicted molar refractivity (Wildman–Crippen MR) is 106 cm³/mol. The molecule has 4 nitrogen and oxygen atoms in total. The predicted octanol–water partition coefficient (Wildman–Crippen LogP) is 5.18. The Morgan fingerprint density at radius 2 is 1.89 bits per heavy atom. The van der Waals surface area contributed by atoms with E-state index < -0.39 is 0 Å². The maximum Gasteiger partial charge on any atom is 0.252 e. The van der Waals surface area contributed by atoms with E-state index in [0.717, 1.165) is 27.6 Å². The summed E-state index contributed by atoms with van der Waals surface area (Å²) in [6.07, 6.45) is 1.57. The van der Waals surface area contributed by atoms with E-state index in [2.05, 4.69) is 5.32 Å². The fraction of sp³-hybridized carbons (Fsp3) is 0.130. The molecular weight excluding hydrogens is 355 g/mol. The fourth-order valence-corrected chi connectivity index (χ4v) is 3.31. The molecule has 0 aliphatic rings. The number of rotatable bonds is 4. The van der Waals surface area contributed by atoms with Crippen molar-refractivity contribution in [3.05, 3.63) is 89.1 Å². The van der Waals surface area contributed by atoms with Crippen molar-refractivity contribution >= 4 is 16.8 Å². The van der Waals surface area contributed by atoms with E-state index in [0.29, 0.717) is 23.6 Å². The van der Waals surface area contributed by atoms with Gasteiger partial charge in [-0.25, -0.2) is 9.37 Å². The van der Waals surface area contributed by atoms with Crippen LogP contribution >= 0.6 is 0 Å². The maximum atomic E-state index is 13.3. The number of furan rings is 1. The molecule has 0 radical (unpaired) electrons. The van der Waals surface area contributed by atoms with Gasteiger partial charge in [-0.05, 0) is 67.9 Å². The summed E-state index contributed by atoms with van der Waals surface area (Å²) in [7, 11) is 0. The molecule has 5 heteroatoms. The van der Waals surface area contributed by atoms with Crippen LogP contribution in [0.3, 0.4) is 0 Å². The minimum Gasteiger partial charge on any atom is -0.467 e. The second-order valence-electron chi connectivity index (χ2n) is 6.80. The molecule has 4 rings (SSSR count). The second-order valence-corrected chi connectivity index (χ2v) is 6.80. The lowest BCUT2D eigenvalue weighted by molar-refractivity contribution is 0.0949. The molecule has 140 valence electrons. The molecule has 0 saturated carbocycles. The van der Waals surface area contributed by atoms with Gasteiger partial charge < -0.3 is 9.73 Å². The first-order valence-corrected chi connectivity index (χ1v) is 9.00. The first-order valence-electron chi connectivity index (χ1n) is 9.00. The van der Waals surface area contributed by atoms with Crippen molar-refractivity contribution in [1.82, 2.24) is 10.3 Å². The van der Waals surface area contributed by atoms with Crippen molar-refractivity contribution in [3.8, 4) is 11.3 Å². The number of benzene rings is 2. The Hall–Kier alpha value is -3.47. The van der Waals surface area contributed by atoms with Gasteiger partial charge in [-0.15, -0.1) is 0 Å². The average Bonchev–Trinajstić information content (AvgIpc) is 3.20. The number of amides is 1. The number of nitrogens with one attached hydrogen (secondary N) is 1. The fourth-order valence-electron chi connectivity index (χ4n) is 3.31. The van der Waals surface area contributed by atoms with Crippen LogP contribution in [0.2, 0.25) is 0 Å². The molecule has 2 aromatic carbocycles. The Labute approximate surface area is 162 Å². The van der Waals surface area contributed by atoms with Crippen LogP contribution in [-0.2, 0) is 6.54 Å². The van der Waals surface area contributed by atoms with Crippen LogP contribution in [0.5, 0.6) is 0 Å². The van der Waals surface area contributed by atoms with Gasteiger partial charge in [0, 0.05) is 10.9 Å². The highest BCUT2D eigenvalue weighted by atomic mass is 19.1. The monoisotopic (exact) mass is 374 g/mol. The summed E-state index contributed by atoms with van der Waals surface area (Å²) in [6.45, 7) is 4.26. The van der Waals surface area contributed by atoms with Crippen molar-refractivity contribution < 1.29 is 13.6 Å². The lowest BCUT2D eigenvalue weighted by Gasteiger charge is -2.13. The number of aryl methyl sites for hydroxylation is 2. The van der Waals surface area contributed by atoms with Crippen LogP contribution in [0.15, 0.2) is 65.3 Å². The van der Waals surface area contributed by atoms with E-state index in [9.17, 15) is 9.18 Å². The number of carbonyl (C=O) groups excluding carboxylic acids is 1. The van der Waals surface area contributed by atoms with E-state index in [4.69, 9.17) is 9.40 Å². The summed E-state index contributed by atoms with van der Waals surface area (Å²) in [6, 6.07) is 15.5. The van der Waals surface area contributed by atoms with Gasteiger partial charge in [-0.1, -0.05) is 11.6 Å². The number of nitrogens with zero attached hydrogens (tertiary/aromatic N) is 1. The minimum absolute atomic E-state index is 0.211. The molecular formula is C23H19FN2O2. The average molecular weight is 374 g/mol. The topological polar surface area (TPSA) is 55.1 Å². The van der Waals surface area contributed by atoms with Crippen LogP contribution in [-0.4, -0.2) is 10.9 Å². The highest BCUT2D eigenvalue weighted by Gasteiger charge is 2.16. The summed E-state index contributed by atoms with van der Waals surface area (Å²) in [4.78, 5) is 17.7. The molecule has 0 aliphatic heterocycles. The van der Waals surface area contributed by atoms with E-state index in [1.54, 1.807) is 30.5 Å². The van der Waals surface area contributed by atoms with Crippen LogP contribution < -0.4 is 5.32 Å². The molecule has 0 atom stereocenters. The van der Waals surface area contributed by atoms with E-state index in [1.165, 1.54) is 12.1 Å².